The zero-order valence-corrected chi connectivity index (χ0v) is 7.71. The molecule has 70 valence electrons. The van der Waals surface area contributed by atoms with Crippen molar-refractivity contribution in [1.82, 2.24) is 4.90 Å². The Hall–Kier alpha value is -1.03. The van der Waals surface area contributed by atoms with Gasteiger partial charge in [-0.05, 0) is 0 Å². The van der Waals surface area contributed by atoms with Crippen molar-refractivity contribution in [1.29, 1.82) is 0 Å². The highest BCUT2D eigenvalue weighted by Crippen LogP contribution is 2.43. The smallest absolute Gasteiger partial charge is 0.353 e. The third kappa shape index (κ3) is 0.920. The molecule has 0 aromatic heterocycles. The summed E-state index contributed by atoms with van der Waals surface area (Å²) in [5.74, 6) is -1.35. The summed E-state index contributed by atoms with van der Waals surface area (Å²) in [5.41, 5.74) is -0.0326. The molecule has 5 heteroatoms. The largest absolute Gasteiger partial charge is 0.477 e. The minimum Gasteiger partial charge on any atom is -0.477 e. The Balaban J connectivity index is 2.34. The van der Waals surface area contributed by atoms with Crippen molar-refractivity contribution >= 4 is 23.5 Å². The molecule has 2 aliphatic heterocycles. The van der Waals surface area contributed by atoms with E-state index >= 15 is 0 Å². The van der Waals surface area contributed by atoms with Crippen molar-refractivity contribution in [2.75, 3.05) is 0 Å². The van der Waals surface area contributed by atoms with Crippen LogP contribution < -0.4 is 0 Å². The van der Waals surface area contributed by atoms with E-state index in [-0.39, 0.29) is 28.6 Å². The van der Waals surface area contributed by atoms with Gasteiger partial charge in [-0.1, -0.05) is 18.5 Å². The second-order valence-corrected chi connectivity index (χ2v) is 3.78. The van der Waals surface area contributed by atoms with Gasteiger partial charge >= 0.3 is 5.97 Å². The first kappa shape index (κ1) is 8.56. The number of carbonyl (C=O) groups excluding carboxylic acids is 1. The fourth-order valence-electron chi connectivity index (χ4n) is 1.86. The first-order valence-electron chi connectivity index (χ1n) is 3.99. The first-order valence-corrected chi connectivity index (χ1v) is 4.37. The van der Waals surface area contributed by atoms with Gasteiger partial charge in [0.05, 0.1) is 17.0 Å². The van der Waals surface area contributed by atoms with Gasteiger partial charge in [-0.3, -0.25) is 4.79 Å². The number of aliphatic carboxylic acids is 1. The number of hydrogen-bond donors (Lipinski definition) is 1. The standard InChI is InChI=1S/C8H8ClNO3/c1-3-5-2-4(9)6(8(12)13)10(5)7(3)11/h3,5H,2H2,1H3,(H,12,13). The van der Waals surface area contributed by atoms with Gasteiger partial charge in [0.2, 0.25) is 5.91 Å². The lowest BCUT2D eigenvalue weighted by Crippen LogP contribution is -2.57. The quantitative estimate of drug-likeness (QED) is 0.638. The zero-order chi connectivity index (χ0) is 9.75. The molecular formula is C8H8ClNO3. The second-order valence-electron chi connectivity index (χ2n) is 3.33. The van der Waals surface area contributed by atoms with Crippen molar-refractivity contribution in [3.05, 3.63) is 10.7 Å². The number of carboxylic acid groups (broad SMARTS) is 1. The van der Waals surface area contributed by atoms with Gasteiger partial charge in [0.1, 0.15) is 5.70 Å². The van der Waals surface area contributed by atoms with E-state index < -0.39 is 5.97 Å². The average Bonchev–Trinajstić information content (AvgIpc) is 2.39. The van der Waals surface area contributed by atoms with Crippen molar-refractivity contribution in [3.8, 4) is 0 Å². The molecular weight excluding hydrogens is 194 g/mol. The van der Waals surface area contributed by atoms with Crippen LogP contribution in [0.1, 0.15) is 13.3 Å². The molecule has 0 aromatic rings. The fourth-order valence-corrected chi connectivity index (χ4v) is 2.19. The monoisotopic (exact) mass is 201 g/mol. The van der Waals surface area contributed by atoms with E-state index in [0.29, 0.717) is 6.42 Å². The van der Waals surface area contributed by atoms with Gasteiger partial charge < -0.3 is 10.0 Å². The zero-order valence-electron chi connectivity index (χ0n) is 6.95. The highest BCUT2D eigenvalue weighted by Gasteiger charge is 2.52. The molecule has 2 heterocycles. The SMILES string of the molecule is CC1C(=O)N2C(C(=O)O)=C(Cl)CC12. The van der Waals surface area contributed by atoms with Crippen molar-refractivity contribution in [2.24, 2.45) is 5.92 Å². The Labute approximate surface area is 79.8 Å². The number of rotatable bonds is 1. The summed E-state index contributed by atoms with van der Waals surface area (Å²) in [6, 6.07) is -0.0221. The Morgan fingerprint density at radius 2 is 2.31 bits per heavy atom. The number of amides is 1. The van der Waals surface area contributed by atoms with Crippen LogP contribution in [0.25, 0.3) is 0 Å². The number of halogens is 1. The van der Waals surface area contributed by atoms with Gasteiger partial charge in [0.15, 0.2) is 0 Å². The minimum atomic E-state index is -1.12. The Morgan fingerprint density at radius 1 is 1.69 bits per heavy atom. The maximum Gasteiger partial charge on any atom is 0.353 e. The van der Waals surface area contributed by atoms with E-state index in [2.05, 4.69) is 0 Å². The normalized spacial score (nSPS) is 31.8. The van der Waals surface area contributed by atoms with E-state index in [4.69, 9.17) is 16.7 Å². The predicted octanol–water partition coefficient (Wildman–Crippen LogP) is 0.772. The summed E-state index contributed by atoms with van der Waals surface area (Å²) < 4.78 is 0. The molecule has 1 N–H and O–H groups in total. The highest BCUT2D eigenvalue weighted by atomic mass is 35.5. The molecule has 0 bridgehead atoms. The van der Waals surface area contributed by atoms with Crippen LogP contribution in [0.4, 0.5) is 0 Å². The van der Waals surface area contributed by atoms with Crippen LogP contribution in [0.2, 0.25) is 0 Å². The van der Waals surface area contributed by atoms with Crippen LogP contribution in [0.5, 0.6) is 0 Å². The molecule has 2 rings (SSSR count). The Morgan fingerprint density at radius 3 is 2.85 bits per heavy atom. The third-order valence-corrected chi connectivity index (χ3v) is 2.96. The van der Waals surface area contributed by atoms with Crippen molar-refractivity contribution in [3.63, 3.8) is 0 Å². The summed E-state index contributed by atoms with van der Waals surface area (Å²) in [6.45, 7) is 1.79. The summed E-state index contributed by atoms with van der Waals surface area (Å²) >= 11 is 5.74. The Bertz CT molecular complexity index is 336. The number of nitrogens with zero attached hydrogens (tertiary/aromatic N) is 1. The molecule has 0 radical (unpaired) electrons. The molecule has 2 atom stereocenters. The van der Waals surface area contributed by atoms with E-state index in [9.17, 15) is 9.59 Å². The lowest BCUT2D eigenvalue weighted by atomic mass is 9.89. The van der Waals surface area contributed by atoms with E-state index in [1.54, 1.807) is 6.92 Å². The maximum absolute atomic E-state index is 11.3. The van der Waals surface area contributed by atoms with Gasteiger partial charge in [0.25, 0.3) is 0 Å². The Kier molecular flexibility index (Phi) is 1.63. The molecule has 4 nitrogen and oxygen atoms in total. The summed E-state index contributed by atoms with van der Waals surface area (Å²) in [4.78, 5) is 23.3. The lowest BCUT2D eigenvalue weighted by Gasteiger charge is -2.41. The minimum absolute atomic E-state index is 0.0221. The molecule has 1 fully saturated rings. The fraction of sp³-hybridized carbons (Fsp3) is 0.500. The summed E-state index contributed by atoms with van der Waals surface area (Å²) in [6.07, 6.45) is 0.482. The first-order chi connectivity index (χ1) is 6.04. The van der Waals surface area contributed by atoms with Crippen LogP contribution in [-0.2, 0) is 9.59 Å². The van der Waals surface area contributed by atoms with Gasteiger partial charge in [0, 0.05) is 6.42 Å². The van der Waals surface area contributed by atoms with Gasteiger partial charge in [-0.2, -0.15) is 0 Å². The van der Waals surface area contributed by atoms with E-state index in [0.717, 1.165) is 0 Å². The molecule has 0 aromatic carbocycles. The average molecular weight is 202 g/mol. The maximum atomic E-state index is 11.3. The van der Waals surface area contributed by atoms with Crippen molar-refractivity contribution in [2.45, 2.75) is 19.4 Å². The number of β-lactam (4-membered cyclic amide) rings is 1. The molecule has 1 saturated heterocycles. The highest BCUT2D eigenvalue weighted by molar-refractivity contribution is 6.32. The van der Waals surface area contributed by atoms with Crippen LogP contribution in [0.15, 0.2) is 10.7 Å². The summed E-state index contributed by atoms with van der Waals surface area (Å²) in [5, 5.41) is 9.06. The molecule has 2 aliphatic rings. The van der Waals surface area contributed by atoms with Crippen LogP contribution >= 0.6 is 11.6 Å². The van der Waals surface area contributed by atoms with Gasteiger partial charge in [-0.25, -0.2) is 4.79 Å². The molecule has 13 heavy (non-hydrogen) atoms. The third-order valence-electron chi connectivity index (χ3n) is 2.62. The molecule has 1 amide bonds. The van der Waals surface area contributed by atoms with Crippen LogP contribution in [-0.4, -0.2) is 27.9 Å². The molecule has 0 saturated carbocycles. The molecule has 2 unspecified atom stereocenters. The predicted molar refractivity (Wildman–Crippen MR) is 44.9 cm³/mol. The van der Waals surface area contributed by atoms with Crippen LogP contribution in [0.3, 0.4) is 0 Å². The van der Waals surface area contributed by atoms with E-state index in [1.807, 2.05) is 0 Å². The number of carboxylic acids is 1. The van der Waals surface area contributed by atoms with Crippen molar-refractivity contribution < 1.29 is 14.7 Å². The van der Waals surface area contributed by atoms with Crippen LogP contribution in [0, 0.1) is 5.92 Å². The lowest BCUT2D eigenvalue weighted by molar-refractivity contribution is -0.153. The van der Waals surface area contributed by atoms with E-state index in [1.165, 1.54) is 4.90 Å². The second kappa shape index (κ2) is 2.48. The summed E-state index contributed by atoms with van der Waals surface area (Å²) in [7, 11) is 0. The number of hydrogen-bond acceptors (Lipinski definition) is 2. The molecule has 0 aliphatic carbocycles. The van der Waals surface area contributed by atoms with Gasteiger partial charge in [-0.15, -0.1) is 0 Å². The number of carbonyl (C=O) groups is 2. The number of fused-ring (bicyclic) bond motifs is 1. The topological polar surface area (TPSA) is 57.6 Å². The molecule has 0 spiro atoms.